The van der Waals surface area contributed by atoms with Crippen molar-refractivity contribution in [2.24, 2.45) is 7.05 Å². The Bertz CT molecular complexity index is 1210. The van der Waals surface area contributed by atoms with Gasteiger partial charge in [0.25, 0.3) is 0 Å². The number of carbonyl (C=O) groups is 1. The van der Waals surface area contributed by atoms with E-state index in [4.69, 9.17) is 4.52 Å². The molecule has 2 amide bonds. The second kappa shape index (κ2) is 7.29. The molecule has 0 fully saturated rings. The van der Waals surface area contributed by atoms with Gasteiger partial charge in [0.1, 0.15) is 5.76 Å². The van der Waals surface area contributed by atoms with Gasteiger partial charge in [-0.25, -0.2) is 4.79 Å². The van der Waals surface area contributed by atoms with E-state index in [9.17, 15) is 4.79 Å². The van der Waals surface area contributed by atoms with E-state index in [0.717, 1.165) is 27.7 Å². The molecule has 30 heavy (non-hydrogen) atoms. The summed E-state index contributed by atoms with van der Waals surface area (Å²) in [5.41, 5.74) is 4.43. The van der Waals surface area contributed by atoms with Crippen LogP contribution in [0.25, 0.3) is 22.0 Å². The minimum absolute atomic E-state index is 0.177. The summed E-state index contributed by atoms with van der Waals surface area (Å²) < 4.78 is 7.12. The van der Waals surface area contributed by atoms with Crippen LogP contribution in [0.4, 0.5) is 16.3 Å². The molecule has 8 heteroatoms. The van der Waals surface area contributed by atoms with Crippen LogP contribution < -0.4 is 10.6 Å². The molecule has 8 nitrogen and oxygen atoms in total. The number of aromatic nitrogens is 4. The highest BCUT2D eigenvalue weighted by atomic mass is 16.5. The molecule has 4 rings (SSSR count). The first-order valence-electron chi connectivity index (χ1n) is 9.65. The van der Waals surface area contributed by atoms with E-state index in [1.807, 2.05) is 76.1 Å². The van der Waals surface area contributed by atoms with Crippen LogP contribution in [0.1, 0.15) is 32.2 Å². The molecule has 0 bridgehead atoms. The molecule has 1 aromatic carbocycles. The third kappa shape index (κ3) is 3.76. The molecule has 4 aromatic rings. The lowest BCUT2D eigenvalue weighted by atomic mass is 9.93. The van der Waals surface area contributed by atoms with Crippen LogP contribution in [-0.4, -0.2) is 26.0 Å². The number of rotatable bonds is 3. The van der Waals surface area contributed by atoms with Crippen molar-refractivity contribution in [1.29, 1.82) is 0 Å². The first-order chi connectivity index (χ1) is 14.2. The standard InChI is InChI=1S/C22H24N6O2/c1-13-20-16(11-23-12-17(20)28(5)26-13)14-6-8-15(9-7-14)24-21(29)25-19-10-18(30-27-19)22(2,3)4/h6-12H,1-5H3,(H2,24,25,27,29). The lowest BCUT2D eigenvalue weighted by Crippen LogP contribution is -2.19. The largest absolute Gasteiger partial charge is 0.359 e. The maximum absolute atomic E-state index is 12.3. The van der Waals surface area contributed by atoms with Crippen molar-refractivity contribution < 1.29 is 9.32 Å². The van der Waals surface area contributed by atoms with E-state index < -0.39 is 0 Å². The highest BCUT2D eigenvalue weighted by Gasteiger charge is 2.20. The zero-order valence-corrected chi connectivity index (χ0v) is 17.6. The van der Waals surface area contributed by atoms with Crippen LogP contribution in [-0.2, 0) is 12.5 Å². The Hall–Kier alpha value is -3.68. The molecule has 0 spiro atoms. The van der Waals surface area contributed by atoms with E-state index >= 15 is 0 Å². The number of aryl methyl sites for hydroxylation is 2. The Morgan fingerprint density at radius 3 is 2.50 bits per heavy atom. The normalized spacial score (nSPS) is 11.6. The van der Waals surface area contributed by atoms with Gasteiger partial charge in [0.2, 0.25) is 0 Å². The third-order valence-electron chi connectivity index (χ3n) is 4.88. The van der Waals surface area contributed by atoms with Crippen molar-refractivity contribution in [3.63, 3.8) is 0 Å². The summed E-state index contributed by atoms with van der Waals surface area (Å²) >= 11 is 0. The maximum atomic E-state index is 12.3. The summed E-state index contributed by atoms with van der Waals surface area (Å²) in [5, 5.41) is 15.0. The molecule has 0 unspecified atom stereocenters. The third-order valence-corrected chi connectivity index (χ3v) is 4.88. The Morgan fingerprint density at radius 1 is 1.10 bits per heavy atom. The molecule has 0 aliphatic carbocycles. The van der Waals surface area contributed by atoms with Crippen LogP contribution in [0, 0.1) is 6.92 Å². The molecule has 0 saturated carbocycles. The molecule has 3 aromatic heterocycles. The number of nitrogens with zero attached hydrogens (tertiary/aromatic N) is 4. The van der Waals surface area contributed by atoms with Gasteiger partial charge in [-0.3, -0.25) is 15.0 Å². The average Bonchev–Trinajstić information content (AvgIpc) is 3.27. The number of carbonyl (C=O) groups excluding carboxylic acids is 1. The highest BCUT2D eigenvalue weighted by molar-refractivity contribution is 6.00. The monoisotopic (exact) mass is 404 g/mol. The van der Waals surface area contributed by atoms with Crippen molar-refractivity contribution in [3.8, 4) is 11.1 Å². The van der Waals surface area contributed by atoms with Crippen molar-refractivity contribution in [2.75, 3.05) is 10.6 Å². The van der Waals surface area contributed by atoms with Gasteiger partial charge in [-0.15, -0.1) is 0 Å². The molecule has 3 heterocycles. The molecule has 0 atom stereocenters. The van der Waals surface area contributed by atoms with Crippen LogP contribution in [0.3, 0.4) is 0 Å². The van der Waals surface area contributed by atoms with Gasteiger partial charge >= 0.3 is 6.03 Å². The summed E-state index contributed by atoms with van der Waals surface area (Å²) in [7, 11) is 1.91. The van der Waals surface area contributed by atoms with E-state index in [2.05, 4.69) is 25.9 Å². The minimum Gasteiger partial charge on any atom is -0.359 e. The second-order valence-corrected chi connectivity index (χ2v) is 8.27. The molecule has 0 radical (unpaired) electrons. The quantitative estimate of drug-likeness (QED) is 0.507. The van der Waals surface area contributed by atoms with Gasteiger partial charge in [-0.05, 0) is 24.6 Å². The Labute approximate surface area is 174 Å². The van der Waals surface area contributed by atoms with Gasteiger partial charge in [-0.1, -0.05) is 38.1 Å². The molecule has 0 aliphatic heterocycles. The minimum atomic E-state index is -0.386. The molecule has 0 saturated heterocycles. The SMILES string of the molecule is Cc1nn(C)c2cncc(-c3ccc(NC(=O)Nc4cc(C(C)(C)C)on4)cc3)c12. The number of anilines is 2. The number of nitrogens with one attached hydrogen (secondary N) is 2. The number of hydrogen-bond donors (Lipinski definition) is 2. The van der Waals surface area contributed by atoms with Crippen molar-refractivity contribution >= 4 is 28.4 Å². The summed E-state index contributed by atoms with van der Waals surface area (Å²) in [6.07, 6.45) is 3.65. The average molecular weight is 404 g/mol. The maximum Gasteiger partial charge on any atom is 0.324 e. The summed E-state index contributed by atoms with van der Waals surface area (Å²) in [4.78, 5) is 16.6. The van der Waals surface area contributed by atoms with Crippen molar-refractivity contribution in [3.05, 3.63) is 54.2 Å². The number of pyridine rings is 1. The van der Waals surface area contributed by atoms with Crippen LogP contribution >= 0.6 is 0 Å². The van der Waals surface area contributed by atoms with Crippen LogP contribution in [0.2, 0.25) is 0 Å². The van der Waals surface area contributed by atoms with Gasteiger partial charge in [-0.2, -0.15) is 5.10 Å². The summed E-state index contributed by atoms with van der Waals surface area (Å²) in [6.45, 7) is 8.03. The van der Waals surface area contributed by atoms with Crippen molar-refractivity contribution in [1.82, 2.24) is 19.9 Å². The molecule has 2 N–H and O–H groups in total. The number of fused-ring (bicyclic) bond motifs is 1. The predicted molar refractivity (Wildman–Crippen MR) is 117 cm³/mol. The predicted octanol–water partition coefficient (Wildman–Crippen LogP) is 4.87. The van der Waals surface area contributed by atoms with E-state index in [0.29, 0.717) is 17.3 Å². The van der Waals surface area contributed by atoms with E-state index in [1.54, 1.807) is 6.07 Å². The topological polar surface area (TPSA) is 97.9 Å². The number of hydrogen-bond acceptors (Lipinski definition) is 5. The zero-order valence-electron chi connectivity index (χ0n) is 17.6. The fourth-order valence-electron chi connectivity index (χ4n) is 3.32. The Balaban J connectivity index is 1.49. The van der Waals surface area contributed by atoms with Gasteiger partial charge < -0.3 is 9.84 Å². The zero-order chi connectivity index (χ0) is 21.5. The van der Waals surface area contributed by atoms with Crippen LogP contribution in [0.5, 0.6) is 0 Å². The van der Waals surface area contributed by atoms with Crippen molar-refractivity contribution in [2.45, 2.75) is 33.1 Å². The van der Waals surface area contributed by atoms with E-state index in [-0.39, 0.29) is 11.4 Å². The summed E-state index contributed by atoms with van der Waals surface area (Å²) in [6, 6.07) is 8.94. The Morgan fingerprint density at radius 2 is 1.83 bits per heavy atom. The first-order valence-corrected chi connectivity index (χ1v) is 9.65. The molecule has 0 aliphatic rings. The number of benzene rings is 1. The number of amides is 2. The second-order valence-electron chi connectivity index (χ2n) is 8.27. The van der Waals surface area contributed by atoms with Gasteiger partial charge in [0.15, 0.2) is 5.82 Å². The lowest BCUT2D eigenvalue weighted by Gasteiger charge is -2.12. The van der Waals surface area contributed by atoms with Gasteiger partial charge in [0.05, 0.1) is 17.4 Å². The first kappa shape index (κ1) is 19.6. The fraction of sp³-hybridized carbons (Fsp3) is 0.273. The molecule has 154 valence electrons. The fourth-order valence-corrected chi connectivity index (χ4v) is 3.32. The van der Waals surface area contributed by atoms with Crippen LogP contribution in [0.15, 0.2) is 47.2 Å². The summed E-state index contributed by atoms with van der Waals surface area (Å²) in [5.74, 6) is 1.08. The Kier molecular flexibility index (Phi) is 4.77. The smallest absolute Gasteiger partial charge is 0.324 e. The lowest BCUT2D eigenvalue weighted by molar-refractivity contribution is 0.262. The molecular formula is C22H24N6O2. The molecular weight excluding hydrogens is 380 g/mol. The number of urea groups is 1. The highest BCUT2D eigenvalue weighted by Crippen LogP contribution is 2.30. The van der Waals surface area contributed by atoms with Gasteiger partial charge in [0, 0.05) is 41.4 Å². The van der Waals surface area contributed by atoms with E-state index in [1.165, 1.54) is 0 Å².